The summed E-state index contributed by atoms with van der Waals surface area (Å²) in [5.74, 6) is 1.57. The highest BCUT2D eigenvalue weighted by atomic mass is 35.5. The van der Waals surface area contributed by atoms with E-state index in [0.29, 0.717) is 16.6 Å². The molecule has 0 atom stereocenters. The number of fused-ring (bicyclic) bond motifs is 1. The summed E-state index contributed by atoms with van der Waals surface area (Å²) in [5, 5.41) is 3.11. The predicted octanol–water partition coefficient (Wildman–Crippen LogP) is 5.17. The van der Waals surface area contributed by atoms with Crippen LogP contribution in [0.25, 0.3) is 0 Å². The van der Waals surface area contributed by atoms with Gasteiger partial charge in [0, 0.05) is 11.1 Å². The molecule has 4 nitrogen and oxygen atoms in total. The molecule has 0 unspecified atom stereocenters. The molecule has 0 spiro atoms. The molecule has 0 saturated carbocycles. The Bertz CT molecular complexity index is 1010. The van der Waals surface area contributed by atoms with Gasteiger partial charge in [-0.1, -0.05) is 29.3 Å². The molecule has 128 valence electrons. The van der Waals surface area contributed by atoms with Crippen LogP contribution < -0.4 is 14.3 Å². The quantitative estimate of drug-likeness (QED) is 0.615. The zero-order chi connectivity index (χ0) is 17.4. The standard InChI is InChI=1S/C18H14Cl2N2O2S/c1-11-9-25-18(21-13-3-4-14(19)15(20)7-13)22(11)8-12-2-5-16-17(6-12)24-10-23-16/h2-7,9H,8,10H2,1H3. The molecule has 1 aliphatic rings. The lowest BCUT2D eigenvalue weighted by Crippen LogP contribution is -2.16. The van der Waals surface area contributed by atoms with Gasteiger partial charge in [-0.2, -0.15) is 0 Å². The molecule has 3 aromatic rings. The predicted molar refractivity (Wildman–Crippen MR) is 100 cm³/mol. The van der Waals surface area contributed by atoms with Gasteiger partial charge in [-0.15, -0.1) is 11.3 Å². The lowest BCUT2D eigenvalue weighted by atomic mass is 10.2. The van der Waals surface area contributed by atoms with E-state index in [2.05, 4.69) is 16.9 Å². The van der Waals surface area contributed by atoms with Crippen LogP contribution in [0.1, 0.15) is 11.3 Å². The van der Waals surface area contributed by atoms with Gasteiger partial charge in [0.1, 0.15) is 0 Å². The lowest BCUT2D eigenvalue weighted by molar-refractivity contribution is 0.174. The highest BCUT2D eigenvalue weighted by molar-refractivity contribution is 7.07. The van der Waals surface area contributed by atoms with Gasteiger partial charge in [0.2, 0.25) is 6.79 Å². The normalized spacial score (nSPS) is 13.5. The highest BCUT2D eigenvalue weighted by Crippen LogP contribution is 2.32. The number of aromatic nitrogens is 1. The van der Waals surface area contributed by atoms with Crippen molar-refractivity contribution in [1.29, 1.82) is 0 Å². The minimum atomic E-state index is 0.279. The van der Waals surface area contributed by atoms with Crippen LogP contribution in [-0.4, -0.2) is 11.4 Å². The van der Waals surface area contributed by atoms with Gasteiger partial charge in [0.25, 0.3) is 0 Å². The fraction of sp³-hybridized carbons (Fsp3) is 0.167. The van der Waals surface area contributed by atoms with Gasteiger partial charge in [-0.25, -0.2) is 4.99 Å². The Morgan fingerprint density at radius 1 is 1.08 bits per heavy atom. The van der Waals surface area contributed by atoms with Crippen molar-refractivity contribution in [1.82, 2.24) is 4.57 Å². The minimum Gasteiger partial charge on any atom is -0.454 e. The van der Waals surface area contributed by atoms with E-state index >= 15 is 0 Å². The van der Waals surface area contributed by atoms with Crippen LogP contribution >= 0.6 is 34.5 Å². The molecule has 1 aromatic heterocycles. The van der Waals surface area contributed by atoms with E-state index in [1.54, 1.807) is 23.5 Å². The number of aryl methyl sites for hydroxylation is 1. The molecular weight excluding hydrogens is 379 g/mol. The van der Waals surface area contributed by atoms with Crippen LogP contribution in [0.2, 0.25) is 10.0 Å². The summed E-state index contributed by atoms with van der Waals surface area (Å²) >= 11 is 13.7. The zero-order valence-corrected chi connectivity index (χ0v) is 15.7. The van der Waals surface area contributed by atoms with Crippen molar-refractivity contribution in [2.24, 2.45) is 4.99 Å². The van der Waals surface area contributed by atoms with Gasteiger partial charge >= 0.3 is 0 Å². The Balaban J connectivity index is 1.70. The van der Waals surface area contributed by atoms with Gasteiger partial charge in [0.05, 0.1) is 22.3 Å². The van der Waals surface area contributed by atoms with Crippen LogP contribution in [0.15, 0.2) is 46.8 Å². The van der Waals surface area contributed by atoms with E-state index < -0.39 is 0 Å². The van der Waals surface area contributed by atoms with E-state index in [-0.39, 0.29) is 6.79 Å². The first kappa shape index (κ1) is 16.5. The van der Waals surface area contributed by atoms with E-state index in [0.717, 1.165) is 33.2 Å². The molecule has 25 heavy (non-hydrogen) atoms. The van der Waals surface area contributed by atoms with Crippen molar-refractivity contribution >= 4 is 40.2 Å². The Hall–Kier alpha value is -1.95. The summed E-state index contributed by atoms with van der Waals surface area (Å²) in [7, 11) is 0. The van der Waals surface area contributed by atoms with E-state index in [4.69, 9.17) is 37.7 Å². The summed E-state index contributed by atoms with van der Waals surface area (Å²) in [4.78, 5) is 5.61. The molecule has 0 radical (unpaired) electrons. The number of nitrogens with zero attached hydrogens (tertiary/aromatic N) is 2. The van der Waals surface area contributed by atoms with E-state index in [1.807, 2.05) is 24.3 Å². The monoisotopic (exact) mass is 392 g/mol. The molecule has 0 N–H and O–H groups in total. The smallest absolute Gasteiger partial charge is 0.231 e. The second-order valence-corrected chi connectivity index (χ2v) is 7.29. The van der Waals surface area contributed by atoms with Crippen LogP contribution in [-0.2, 0) is 6.54 Å². The maximum atomic E-state index is 6.09. The number of benzene rings is 2. The number of halogens is 2. The van der Waals surface area contributed by atoms with E-state index in [1.165, 1.54) is 0 Å². The van der Waals surface area contributed by atoms with Crippen molar-refractivity contribution in [2.45, 2.75) is 13.5 Å². The van der Waals surface area contributed by atoms with Crippen molar-refractivity contribution in [3.8, 4) is 11.5 Å². The maximum absolute atomic E-state index is 6.09. The molecule has 2 heterocycles. The fourth-order valence-corrected chi connectivity index (χ4v) is 3.77. The first-order valence-corrected chi connectivity index (χ1v) is 9.27. The molecule has 7 heteroatoms. The Labute approximate surface area is 158 Å². The molecule has 0 amide bonds. The third-order valence-electron chi connectivity index (χ3n) is 3.90. The average molecular weight is 393 g/mol. The zero-order valence-electron chi connectivity index (χ0n) is 13.3. The topological polar surface area (TPSA) is 35.8 Å². The van der Waals surface area contributed by atoms with Gasteiger partial charge in [0.15, 0.2) is 16.3 Å². The summed E-state index contributed by atoms with van der Waals surface area (Å²) in [6.45, 7) is 3.05. The number of hydrogen-bond acceptors (Lipinski definition) is 4. The summed E-state index contributed by atoms with van der Waals surface area (Å²) in [6.07, 6.45) is 0. The first-order chi connectivity index (χ1) is 12.1. The minimum absolute atomic E-state index is 0.279. The third kappa shape index (κ3) is 3.40. The summed E-state index contributed by atoms with van der Waals surface area (Å²) in [5.41, 5.74) is 3.04. The number of rotatable bonds is 3. The molecule has 2 aromatic carbocycles. The summed E-state index contributed by atoms with van der Waals surface area (Å²) in [6, 6.07) is 11.4. The lowest BCUT2D eigenvalue weighted by Gasteiger charge is -2.07. The van der Waals surface area contributed by atoms with Gasteiger partial charge in [-0.05, 0) is 42.8 Å². The van der Waals surface area contributed by atoms with Crippen LogP contribution in [0.4, 0.5) is 5.69 Å². The molecule has 0 saturated heterocycles. The summed E-state index contributed by atoms with van der Waals surface area (Å²) < 4.78 is 13.0. The van der Waals surface area contributed by atoms with Crippen LogP contribution in [0.3, 0.4) is 0 Å². The molecule has 0 bridgehead atoms. The molecule has 1 aliphatic heterocycles. The van der Waals surface area contributed by atoms with Gasteiger partial charge in [-0.3, -0.25) is 0 Å². The number of hydrogen-bond donors (Lipinski definition) is 0. The Morgan fingerprint density at radius 3 is 2.76 bits per heavy atom. The average Bonchev–Trinajstić information content (AvgIpc) is 3.19. The number of ether oxygens (including phenoxy) is 2. The highest BCUT2D eigenvalue weighted by Gasteiger charge is 2.14. The van der Waals surface area contributed by atoms with Gasteiger partial charge < -0.3 is 14.0 Å². The van der Waals surface area contributed by atoms with Crippen LogP contribution in [0.5, 0.6) is 11.5 Å². The number of thiazole rings is 1. The maximum Gasteiger partial charge on any atom is 0.231 e. The van der Waals surface area contributed by atoms with Crippen molar-refractivity contribution in [3.05, 3.63) is 67.9 Å². The second-order valence-electron chi connectivity index (χ2n) is 5.64. The fourth-order valence-electron chi connectivity index (χ4n) is 2.58. The van der Waals surface area contributed by atoms with Crippen LogP contribution in [0, 0.1) is 6.92 Å². The second kappa shape index (κ2) is 6.75. The third-order valence-corrected chi connectivity index (χ3v) is 5.62. The van der Waals surface area contributed by atoms with Crippen molar-refractivity contribution in [3.63, 3.8) is 0 Å². The molecule has 4 rings (SSSR count). The SMILES string of the molecule is Cc1csc(=Nc2ccc(Cl)c(Cl)c2)n1Cc1ccc2c(c1)OCO2. The largest absolute Gasteiger partial charge is 0.454 e. The van der Waals surface area contributed by atoms with E-state index in [9.17, 15) is 0 Å². The Morgan fingerprint density at radius 2 is 1.92 bits per heavy atom. The van der Waals surface area contributed by atoms with Crippen molar-refractivity contribution < 1.29 is 9.47 Å². The first-order valence-electron chi connectivity index (χ1n) is 7.63. The molecular formula is C18H14Cl2N2O2S. The molecule has 0 aliphatic carbocycles. The molecule has 0 fully saturated rings. The van der Waals surface area contributed by atoms with Crippen molar-refractivity contribution in [2.75, 3.05) is 6.79 Å². The Kier molecular flexibility index (Phi) is 4.46.